The van der Waals surface area contributed by atoms with Crippen LogP contribution in [0.25, 0.3) is 0 Å². The molecule has 0 aromatic heterocycles. The summed E-state index contributed by atoms with van der Waals surface area (Å²) in [7, 11) is -2.74. The van der Waals surface area contributed by atoms with Gasteiger partial charge >= 0.3 is 0 Å². The molecular formula is C12H17BrF2N2O2S. The van der Waals surface area contributed by atoms with Gasteiger partial charge in [0.2, 0.25) is 10.0 Å². The van der Waals surface area contributed by atoms with Crippen molar-refractivity contribution in [1.29, 1.82) is 0 Å². The summed E-state index contributed by atoms with van der Waals surface area (Å²) in [5, 5.41) is 0. The molecule has 1 aromatic carbocycles. The van der Waals surface area contributed by atoms with Crippen LogP contribution < -0.4 is 5.73 Å². The van der Waals surface area contributed by atoms with Gasteiger partial charge in [-0.3, -0.25) is 0 Å². The lowest BCUT2D eigenvalue weighted by Crippen LogP contribution is -2.40. The zero-order valence-corrected chi connectivity index (χ0v) is 13.9. The van der Waals surface area contributed by atoms with Gasteiger partial charge in [0.15, 0.2) is 0 Å². The quantitative estimate of drug-likeness (QED) is 0.864. The minimum absolute atomic E-state index is 0.120. The minimum atomic E-state index is -4.07. The van der Waals surface area contributed by atoms with E-state index in [9.17, 15) is 17.2 Å². The van der Waals surface area contributed by atoms with Crippen molar-refractivity contribution in [2.45, 2.75) is 18.7 Å². The second-order valence-electron chi connectivity index (χ2n) is 5.33. The zero-order chi connectivity index (χ0) is 15.7. The van der Waals surface area contributed by atoms with E-state index in [0.29, 0.717) is 6.07 Å². The van der Waals surface area contributed by atoms with Crippen LogP contribution in [-0.2, 0) is 10.0 Å². The Morgan fingerprint density at radius 1 is 1.35 bits per heavy atom. The third kappa shape index (κ3) is 3.75. The summed E-state index contributed by atoms with van der Waals surface area (Å²) in [4.78, 5) is -0.575. The molecule has 114 valence electrons. The monoisotopic (exact) mass is 370 g/mol. The van der Waals surface area contributed by atoms with Crippen molar-refractivity contribution in [3.63, 3.8) is 0 Å². The zero-order valence-electron chi connectivity index (χ0n) is 11.5. The Labute approximate surface area is 126 Å². The van der Waals surface area contributed by atoms with E-state index in [-0.39, 0.29) is 17.6 Å². The average molecular weight is 371 g/mol. The summed E-state index contributed by atoms with van der Waals surface area (Å²) >= 11 is 2.89. The maximum atomic E-state index is 13.8. The summed E-state index contributed by atoms with van der Waals surface area (Å²) in [5.74, 6) is -1.98. The molecule has 0 radical (unpaired) electrons. The maximum Gasteiger partial charge on any atom is 0.246 e. The summed E-state index contributed by atoms with van der Waals surface area (Å²) in [6, 6.07) is 1.46. The lowest BCUT2D eigenvalue weighted by atomic mass is 9.94. The average Bonchev–Trinajstić information content (AvgIpc) is 2.26. The molecule has 0 aliphatic rings. The Kier molecular flexibility index (Phi) is 5.29. The van der Waals surface area contributed by atoms with Gasteiger partial charge in [-0.2, -0.15) is 0 Å². The van der Waals surface area contributed by atoms with Gasteiger partial charge in [0.05, 0.1) is 0 Å². The summed E-state index contributed by atoms with van der Waals surface area (Å²) in [5.41, 5.74) is 5.11. The molecule has 0 heterocycles. The van der Waals surface area contributed by atoms with Crippen LogP contribution in [0.2, 0.25) is 0 Å². The highest BCUT2D eigenvalue weighted by atomic mass is 79.9. The van der Waals surface area contributed by atoms with Crippen LogP contribution in [0.3, 0.4) is 0 Å². The van der Waals surface area contributed by atoms with E-state index >= 15 is 0 Å². The van der Waals surface area contributed by atoms with Crippen LogP contribution in [0.15, 0.2) is 21.5 Å². The Hall–Kier alpha value is -0.570. The summed E-state index contributed by atoms with van der Waals surface area (Å²) in [6.45, 7) is 4.00. The fraction of sp³-hybridized carbons (Fsp3) is 0.500. The highest BCUT2D eigenvalue weighted by molar-refractivity contribution is 9.10. The topological polar surface area (TPSA) is 63.4 Å². The largest absolute Gasteiger partial charge is 0.330 e. The van der Waals surface area contributed by atoms with Crippen molar-refractivity contribution in [2.75, 3.05) is 20.1 Å². The molecule has 0 amide bonds. The van der Waals surface area contributed by atoms with Crippen LogP contribution in [-0.4, -0.2) is 32.9 Å². The molecule has 4 nitrogen and oxygen atoms in total. The second kappa shape index (κ2) is 6.05. The van der Waals surface area contributed by atoms with Gasteiger partial charge in [0.25, 0.3) is 0 Å². The molecule has 0 atom stereocenters. The summed E-state index contributed by atoms with van der Waals surface area (Å²) < 4.78 is 52.4. The van der Waals surface area contributed by atoms with Crippen molar-refractivity contribution in [1.82, 2.24) is 4.31 Å². The Balaban J connectivity index is 3.24. The van der Waals surface area contributed by atoms with Crippen molar-refractivity contribution in [2.24, 2.45) is 11.1 Å². The number of benzene rings is 1. The molecule has 0 aliphatic carbocycles. The van der Waals surface area contributed by atoms with Crippen LogP contribution in [0.4, 0.5) is 8.78 Å². The van der Waals surface area contributed by atoms with E-state index in [0.717, 1.165) is 10.4 Å². The Morgan fingerprint density at radius 2 is 1.90 bits per heavy atom. The number of nitrogens with zero attached hydrogens (tertiary/aromatic N) is 1. The van der Waals surface area contributed by atoms with Crippen LogP contribution in [0.1, 0.15) is 13.8 Å². The normalized spacial score (nSPS) is 13.0. The first-order valence-electron chi connectivity index (χ1n) is 5.82. The van der Waals surface area contributed by atoms with Gasteiger partial charge in [-0.05, 0) is 34.0 Å². The van der Waals surface area contributed by atoms with E-state index in [1.165, 1.54) is 7.05 Å². The van der Waals surface area contributed by atoms with Gasteiger partial charge in [-0.1, -0.05) is 13.8 Å². The molecule has 0 spiro atoms. The fourth-order valence-corrected chi connectivity index (χ4v) is 4.15. The number of hydrogen-bond donors (Lipinski definition) is 1. The predicted molar refractivity (Wildman–Crippen MR) is 76.7 cm³/mol. The van der Waals surface area contributed by atoms with Crippen LogP contribution >= 0.6 is 15.9 Å². The van der Waals surface area contributed by atoms with Crippen LogP contribution in [0, 0.1) is 17.0 Å². The molecular weight excluding hydrogens is 354 g/mol. The van der Waals surface area contributed by atoms with Crippen LogP contribution in [0.5, 0.6) is 0 Å². The number of hydrogen-bond acceptors (Lipinski definition) is 3. The van der Waals surface area contributed by atoms with Crippen molar-refractivity contribution in [3.05, 3.63) is 28.2 Å². The number of nitrogens with two attached hydrogens (primary N) is 1. The first-order valence-corrected chi connectivity index (χ1v) is 8.05. The van der Waals surface area contributed by atoms with Gasteiger partial charge in [-0.15, -0.1) is 0 Å². The predicted octanol–water partition coefficient (Wildman–Crippen LogP) is 2.33. The lowest BCUT2D eigenvalue weighted by Gasteiger charge is -2.28. The lowest BCUT2D eigenvalue weighted by molar-refractivity contribution is 0.291. The molecule has 20 heavy (non-hydrogen) atoms. The second-order valence-corrected chi connectivity index (χ2v) is 8.16. The van der Waals surface area contributed by atoms with Gasteiger partial charge in [0.1, 0.15) is 16.5 Å². The molecule has 0 saturated carbocycles. The fourth-order valence-electron chi connectivity index (χ4n) is 1.68. The minimum Gasteiger partial charge on any atom is -0.330 e. The SMILES string of the molecule is CN(CC(C)(C)CN)S(=O)(=O)c1c(F)cc(F)cc1Br. The van der Waals surface area contributed by atoms with E-state index < -0.39 is 32.0 Å². The first kappa shape index (κ1) is 17.5. The smallest absolute Gasteiger partial charge is 0.246 e. The molecule has 0 saturated heterocycles. The van der Waals surface area contributed by atoms with Crippen molar-refractivity contribution < 1.29 is 17.2 Å². The Bertz CT molecular complexity index is 582. The Morgan fingerprint density at radius 3 is 2.35 bits per heavy atom. The van der Waals surface area contributed by atoms with Gasteiger partial charge in [-0.25, -0.2) is 21.5 Å². The maximum absolute atomic E-state index is 13.8. The molecule has 0 bridgehead atoms. The third-order valence-electron chi connectivity index (χ3n) is 2.83. The van der Waals surface area contributed by atoms with E-state index in [4.69, 9.17) is 5.73 Å². The third-order valence-corrected chi connectivity index (χ3v) is 5.60. The van der Waals surface area contributed by atoms with Gasteiger partial charge in [0, 0.05) is 24.1 Å². The first-order chi connectivity index (χ1) is 9.01. The highest BCUT2D eigenvalue weighted by Gasteiger charge is 2.31. The molecule has 0 unspecified atom stereocenters. The summed E-state index contributed by atoms with van der Waals surface area (Å²) in [6.07, 6.45) is 0. The molecule has 0 fully saturated rings. The molecule has 0 aliphatic heterocycles. The molecule has 2 N–H and O–H groups in total. The number of sulfonamides is 1. The number of halogens is 3. The van der Waals surface area contributed by atoms with E-state index in [2.05, 4.69) is 15.9 Å². The van der Waals surface area contributed by atoms with Crippen molar-refractivity contribution in [3.8, 4) is 0 Å². The standard InChI is InChI=1S/C12H17BrF2N2O2S/c1-12(2,6-16)7-17(3)20(18,19)11-9(13)4-8(14)5-10(11)15/h4-5H,6-7,16H2,1-3H3. The van der Waals surface area contributed by atoms with Gasteiger partial charge < -0.3 is 5.73 Å². The van der Waals surface area contributed by atoms with Crippen molar-refractivity contribution >= 4 is 26.0 Å². The van der Waals surface area contributed by atoms with E-state index in [1.807, 2.05) is 0 Å². The number of rotatable bonds is 5. The molecule has 8 heteroatoms. The molecule has 1 aromatic rings. The highest BCUT2D eigenvalue weighted by Crippen LogP contribution is 2.29. The van der Waals surface area contributed by atoms with E-state index in [1.54, 1.807) is 13.8 Å². The molecule has 1 rings (SSSR count).